The molecule has 4 heterocycles. The third kappa shape index (κ3) is 4.44. The van der Waals surface area contributed by atoms with Gasteiger partial charge in [0, 0.05) is 23.2 Å². The number of aryl methyl sites for hydroxylation is 1. The van der Waals surface area contributed by atoms with E-state index in [-0.39, 0.29) is 23.2 Å². The van der Waals surface area contributed by atoms with Gasteiger partial charge in [-0.05, 0) is 43.8 Å². The van der Waals surface area contributed by atoms with E-state index >= 15 is 0 Å². The Hall–Kier alpha value is -1.63. The van der Waals surface area contributed by atoms with Crippen LogP contribution in [0.25, 0.3) is 21.6 Å². The summed E-state index contributed by atoms with van der Waals surface area (Å²) < 4.78 is 66.4. The third-order valence-electron chi connectivity index (χ3n) is 4.69. The Morgan fingerprint density at radius 2 is 2.03 bits per heavy atom. The predicted molar refractivity (Wildman–Crippen MR) is 108 cm³/mol. The average Bonchev–Trinajstić information content (AvgIpc) is 3.24. The predicted octanol–water partition coefficient (Wildman–Crippen LogP) is 4.19. The van der Waals surface area contributed by atoms with Gasteiger partial charge < -0.3 is 4.98 Å². The van der Waals surface area contributed by atoms with E-state index in [1.54, 1.807) is 6.07 Å². The van der Waals surface area contributed by atoms with Crippen molar-refractivity contribution >= 4 is 44.2 Å². The molecule has 0 spiro atoms. The molecule has 0 aliphatic carbocycles. The minimum absolute atomic E-state index is 0.0973. The molecule has 0 bridgehead atoms. The van der Waals surface area contributed by atoms with Crippen molar-refractivity contribution in [2.75, 3.05) is 11.5 Å². The van der Waals surface area contributed by atoms with Gasteiger partial charge in [-0.1, -0.05) is 0 Å². The molecule has 2 N–H and O–H groups in total. The van der Waals surface area contributed by atoms with E-state index in [2.05, 4.69) is 19.7 Å². The van der Waals surface area contributed by atoms with Gasteiger partial charge in [-0.2, -0.15) is 13.2 Å². The number of sulfone groups is 1. The maximum absolute atomic E-state index is 13.0. The molecular formula is C17H17F3N4O2S3. The standard InChI is InChI=1S/C17H17F3N4O2S3/c1-9-16(28-24-10-3-6-29(25,26)7-4-10)27-15(22-9)11-2-5-21-14-12(11)8-13(23-14)17(18,19)20/h2,5,8,10,24H,3-4,6-7H2,1H3,(H,21,23). The van der Waals surface area contributed by atoms with Gasteiger partial charge in [-0.15, -0.1) is 11.3 Å². The second kappa shape index (κ2) is 7.56. The van der Waals surface area contributed by atoms with Gasteiger partial charge in [0.05, 0.1) is 21.4 Å². The molecule has 0 saturated carbocycles. The first kappa shape index (κ1) is 20.6. The SMILES string of the molecule is Cc1nc(-c2ccnc3[nH]c(C(F)(F)F)cc23)sc1SNC1CCS(=O)(=O)CC1. The van der Waals surface area contributed by atoms with Crippen molar-refractivity contribution in [2.45, 2.75) is 36.2 Å². The number of hydrogen-bond donors (Lipinski definition) is 2. The van der Waals surface area contributed by atoms with Crippen molar-refractivity contribution in [3.8, 4) is 10.6 Å². The maximum atomic E-state index is 13.0. The molecule has 0 atom stereocenters. The molecule has 0 aromatic carbocycles. The highest BCUT2D eigenvalue weighted by molar-refractivity contribution is 7.99. The number of aromatic amines is 1. The molecule has 3 aromatic heterocycles. The summed E-state index contributed by atoms with van der Waals surface area (Å²) in [5.41, 5.74) is 0.676. The first-order chi connectivity index (χ1) is 13.6. The lowest BCUT2D eigenvalue weighted by atomic mass is 10.2. The zero-order valence-electron chi connectivity index (χ0n) is 15.2. The molecule has 0 amide bonds. The summed E-state index contributed by atoms with van der Waals surface area (Å²) in [7, 11) is -2.92. The molecule has 1 aliphatic heterocycles. The number of nitrogens with zero attached hydrogens (tertiary/aromatic N) is 2. The molecule has 3 aromatic rings. The van der Waals surface area contributed by atoms with Gasteiger partial charge in [0.15, 0.2) is 0 Å². The Labute approximate surface area is 173 Å². The largest absolute Gasteiger partial charge is 0.431 e. The average molecular weight is 463 g/mol. The Balaban J connectivity index is 1.56. The number of aromatic nitrogens is 3. The van der Waals surface area contributed by atoms with E-state index in [0.717, 1.165) is 16.0 Å². The van der Waals surface area contributed by atoms with Crippen LogP contribution in [-0.4, -0.2) is 40.9 Å². The van der Waals surface area contributed by atoms with E-state index < -0.39 is 21.7 Å². The highest BCUT2D eigenvalue weighted by atomic mass is 32.2. The lowest BCUT2D eigenvalue weighted by molar-refractivity contribution is -0.140. The number of halogens is 3. The first-order valence-corrected chi connectivity index (χ1v) is 12.2. The van der Waals surface area contributed by atoms with E-state index in [0.29, 0.717) is 28.8 Å². The number of rotatable bonds is 4. The van der Waals surface area contributed by atoms with E-state index in [1.165, 1.54) is 29.5 Å². The number of hydrogen-bond acceptors (Lipinski definition) is 7. The van der Waals surface area contributed by atoms with Crippen LogP contribution >= 0.6 is 23.3 Å². The molecule has 1 fully saturated rings. The minimum atomic E-state index is -4.48. The lowest BCUT2D eigenvalue weighted by Crippen LogP contribution is -2.34. The molecular weight excluding hydrogens is 445 g/mol. The Kier molecular flexibility index (Phi) is 5.38. The molecule has 12 heteroatoms. The van der Waals surface area contributed by atoms with Crippen molar-refractivity contribution in [1.29, 1.82) is 0 Å². The molecule has 156 valence electrons. The monoisotopic (exact) mass is 462 g/mol. The van der Waals surface area contributed by atoms with Crippen LogP contribution in [0.15, 0.2) is 22.5 Å². The maximum Gasteiger partial charge on any atom is 0.431 e. The Morgan fingerprint density at radius 3 is 2.72 bits per heavy atom. The van der Waals surface area contributed by atoms with E-state index in [1.807, 2.05) is 6.92 Å². The Bertz CT molecular complexity index is 1140. The molecule has 0 unspecified atom stereocenters. The van der Waals surface area contributed by atoms with Crippen LogP contribution in [0.3, 0.4) is 0 Å². The summed E-state index contributed by atoms with van der Waals surface area (Å²) in [6, 6.07) is 2.81. The van der Waals surface area contributed by atoms with E-state index in [4.69, 9.17) is 0 Å². The summed E-state index contributed by atoms with van der Waals surface area (Å²) in [5.74, 6) is 0.365. The number of H-pyrrole nitrogens is 1. The number of thiazole rings is 1. The van der Waals surface area contributed by atoms with E-state index in [9.17, 15) is 21.6 Å². The van der Waals surface area contributed by atoms with Gasteiger partial charge >= 0.3 is 6.18 Å². The zero-order valence-corrected chi connectivity index (χ0v) is 17.7. The lowest BCUT2D eigenvalue weighted by Gasteiger charge is -2.22. The van der Waals surface area contributed by atoms with Crippen LogP contribution in [0.5, 0.6) is 0 Å². The van der Waals surface area contributed by atoms with Crippen molar-refractivity contribution < 1.29 is 21.6 Å². The number of pyridine rings is 1. The molecule has 0 radical (unpaired) electrons. The van der Waals surface area contributed by atoms with Crippen LogP contribution in [0.1, 0.15) is 24.2 Å². The fraction of sp³-hybridized carbons (Fsp3) is 0.412. The topological polar surface area (TPSA) is 87.7 Å². The first-order valence-electron chi connectivity index (χ1n) is 8.78. The molecule has 1 saturated heterocycles. The smallest absolute Gasteiger partial charge is 0.336 e. The van der Waals surface area contributed by atoms with Crippen molar-refractivity contribution in [1.82, 2.24) is 19.7 Å². The van der Waals surface area contributed by atoms with Gasteiger partial charge in [0.2, 0.25) is 0 Å². The van der Waals surface area contributed by atoms with Crippen molar-refractivity contribution in [2.24, 2.45) is 0 Å². The highest BCUT2D eigenvalue weighted by Crippen LogP contribution is 2.38. The molecule has 4 rings (SSSR count). The summed E-state index contributed by atoms with van der Waals surface area (Å²) in [4.78, 5) is 10.8. The zero-order chi connectivity index (χ0) is 20.8. The highest BCUT2D eigenvalue weighted by Gasteiger charge is 2.33. The second-order valence-corrected chi connectivity index (χ2v) is 11.2. The van der Waals surface area contributed by atoms with Crippen molar-refractivity contribution in [3.05, 3.63) is 29.7 Å². The minimum Gasteiger partial charge on any atom is -0.336 e. The van der Waals surface area contributed by atoms with Crippen LogP contribution in [-0.2, 0) is 16.0 Å². The van der Waals surface area contributed by atoms with Gasteiger partial charge in [-0.25, -0.2) is 18.4 Å². The molecule has 6 nitrogen and oxygen atoms in total. The normalized spacial score (nSPS) is 17.8. The quantitative estimate of drug-likeness (QED) is 0.566. The second-order valence-electron chi connectivity index (χ2n) is 6.84. The van der Waals surface area contributed by atoms with Crippen molar-refractivity contribution in [3.63, 3.8) is 0 Å². The fourth-order valence-electron chi connectivity index (χ4n) is 3.10. The summed E-state index contributed by atoms with van der Waals surface area (Å²) in [6.07, 6.45) is -1.89. The summed E-state index contributed by atoms with van der Waals surface area (Å²) >= 11 is 2.77. The van der Waals surface area contributed by atoms with Crippen LogP contribution in [0, 0.1) is 6.92 Å². The third-order valence-corrected chi connectivity index (χ3v) is 8.83. The summed E-state index contributed by atoms with van der Waals surface area (Å²) in [6.45, 7) is 1.84. The van der Waals surface area contributed by atoms with Crippen LogP contribution in [0.2, 0.25) is 0 Å². The Morgan fingerprint density at radius 1 is 1.31 bits per heavy atom. The molecule has 29 heavy (non-hydrogen) atoms. The fourth-order valence-corrected chi connectivity index (χ4v) is 6.68. The van der Waals surface area contributed by atoms with Gasteiger partial charge in [0.1, 0.15) is 26.2 Å². The van der Waals surface area contributed by atoms with Crippen LogP contribution < -0.4 is 4.72 Å². The van der Waals surface area contributed by atoms with Gasteiger partial charge in [-0.3, -0.25) is 4.72 Å². The number of fused-ring (bicyclic) bond motifs is 1. The van der Waals surface area contributed by atoms with Gasteiger partial charge in [0.25, 0.3) is 0 Å². The van der Waals surface area contributed by atoms with Crippen LogP contribution in [0.4, 0.5) is 13.2 Å². The summed E-state index contributed by atoms with van der Waals surface area (Å²) in [5, 5.41) is 0.980. The number of nitrogens with one attached hydrogen (secondary N) is 2. The molecule has 1 aliphatic rings. The number of alkyl halides is 3.